The van der Waals surface area contributed by atoms with E-state index in [1.54, 1.807) is 7.11 Å². The fourth-order valence-electron chi connectivity index (χ4n) is 3.68. The summed E-state index contributed by atoms with van der Waals surface area (Å²) in [6.45, 7) is 3.62. The number of carbonyl (C=O) groups excluding carboxylic acids is 1. The molecule has 6 heteroatoms. The number of imidazole rings is 1. The zero-order valence-electron chi connectivity index (χ0n) is 18.4. The Morgan fingerprint density at radius 2 is 1.69 bits per heavy atom. The summed E-state index contributed by atoms with van der Waals surface area (Å²) in [5.41, 5.74) is 3.61. The molecule has 0 saturated heterocycles. The molecule has 0 saturated carbocycles. The Morgan fingerprint density at radius 3 is 2.47 bits per heavy atom. The van der Waals surface area contributed by atoms with Crippen LogP contribution < -0.4 is 14.8 Å². The van der Waals surface area contributed by atoms with Gasteiger partial charge in [0, 0.05) is 12.1 Å². The second kappa shape index (κ2) is 10.0. The number of methoxy groups -OCH3 is 1. The molecule has 0 radical (unpaired) electrons. The maximum absolute atomic E-state index is 12.7. The Bertz CT molecular complexity index is 1200. The van der Waals surface area contributed by atoms with Crippen molar-refractivity contribution < 1.29 is 14.3 Å². The van der Waals surface area contributed by atoms with Crippen molar-refractivity contribution in [3.8, 4) is 11.5 Å². The predicted octanol–water partition coefficient (Wildman–Crippen LogP) is 4.75. The molecule has 6 nitrogen and oxygen atoms in total. The molecule has 0 bridgehead atoms. The number of hydrogen-bond donors (Lipinski definition) is 1. The SMILES string of the molecule is COc1ccc(OCCCn2c(CNC(=O)c3ccccc3C)nc3ccccc32)cc1. The van der Waals surface area contributed by atoms with Crippen molar-refractivity contribution >= 4 is 16.9 Å². The van der Waals surface area contributed by atoms with Crippen molar-refractivity contribution in [3.63, 3.8) is 0 Å². The van der Waals surface area contributed by atoms with E-state index in [1.165, 1.54) is 0 Å². The highest BCUT2D eigenvalue weighted by atomic mass is 16.5. The van der Waals surface area contributed by atoms with Gasteiger partial charge in [-0.1, -0.05) is 30.3 Å². The third-order valence-electron chi connectivity index (χ3n) is 5.38. The first-order chi connectivity index (χ1) is 15.7. The van der Waals surface area contributed by atoms with Crippen LogP contribution in [-0.4, -0.2) is 29.2 Å². The van der Waals surface area contributed by atoms with Crippen LogP contribution >= 0.6 is 0 Å². The lowest BCUT2D eigenvalue weighted by atomic mass is 10.1. The van der Waals surface area contributed by atoms with Gasteiger partial charge >= 0.3 is 0 Å². The molecule has 1 amide bonds. The fourth-order valence-corrected chi connectivity index (χ4v) is 3.68. The molecule has 4 rings (SSSR count). The normalized spacial score (nSPS) is 10.8. The molecule has 0 aliphatic heterocycles. The van der Waals surface area contributed by atoms with E-state index in [4.69, 9.17) is 14.5 Å². The van der Waals surface area contributed by atoms with Gasteiger partial charge in [-0.3, -0.25) is 4.79 Å². The van der Waals surface area contributed by atoms with Crippen LogP contribution in [0.5, 0.6) is 11.5 Å². The van der Waals surface area contributed by atoms with Gasteiger partial charge in [-0.05, 0) is 61.4 Å². The summed E-state index contributed by atoms with van der Waals surface area (Å²) >= 11 is 0. The Balaban J connectivity index is 1.41. The second-order valence-corrected chi connectivity index (χ2v) is 7.54. The number of fused-ring (bicyclic) bond motifs is 1. The maximum atomic E-state index is 12.7. The van der Waals surface area contributed by atoms with E-state index in [2.05, 4.69) is 16.0 Å². The highest BCUT2D eigenvalue weighted by Crippen LogP contribution is 2.19. The molecule has 4 aromatic rings. The smallest absolute Gasteiger partial charge is 0.251 e. The molecular weight excluding hydrogens is 402 g/mol. The molecule has 0 aliphatic carbocycles. The first kappa shape index (κ1) is 21.4. The molecule has 1 aromatic heterocycles. The molecule has 0 aliphatic rings. The van der Waals surface area contributed by atoms with Crippen molar-refractivity contribution in [2.45, 2.75) is 26.4 Å². The number of carbonyl (C=O) groups is 1. The Morgan fingerprint density at radius 1 is 0.969 bits per heavy atom. The van der Waals surface area contributed by atoms with Crippen LogP contribution in [0.15, 0.2) is 72.8 Å². The van der Waals surface area contributed by atoms with Gasteiger partial charge in [0.2, 0.25) is 0 Å². The van der Waals surface area contributed by atoms with Crippen molar-refractivity contribution in [2.75, 3.05) is 13.7 Å². The Hall–Kier alpha value is -3.80. The van der Waals surface area contributed by atoms with Gasteiger partial charge < -0.3 is 19.4 Å². The predicted molar refractivity (Wildman–Crippen MR) is 125 cm³/mol. The fraction of sp³-hybridized carbons (Fsp3) is 0.231. The lowest BCUT2D eigenvalue weighted by Crippen LogP contribution is -2.25. The molecule has 3 aromatic carbocycles. The summed E-state index contributed by atoms with van der Waals surface area (Å²) in [5, 5.41) is 3.02. The molecule has 0 atom stereocenters. The highest BCUT2D eigenvalue weighted by molar-refractivity contribution is 5.95. The van der Waals surface area contributed by atoms with Gasteiger partial charge in [-0.15, -0.1) is 0 Å². The van der Waals surface area contributed by atoms with Gasteiger partial charge in [0.15, 0.2) is 0 Å². The summed E-state index contributed by atoms with van der Waals surface area (Å²) in [6, 6.07) is 23.2. The minimum atomic E-state index is -0.0930. The number of hydrogen-bond acceptors (Lipinski definition) is 4. The van der Waals surface area contributed by atoms with Crippen LogP contribution in [0.3, 0.4) is 0 Å². The molecular formula is C26H27N3O3. The number of benzene rings is 3. The number of nitrogens with zero attached hydrogens (tertiary/aromatic N) is 2. The maximum Gasteiger partial charge on any atom is 0.251 e. The minimum Gasteiger partial charge on any atom is -0.497 e. The monoisotopic (exact) mass is 429 g/mol. The van der Waals surface area contributed by atoms with Crippen molar-refractivity contribution in [2.24, 2.45) is 0 Å². The van der Waals surface area contributed by atoms with Gasteiger partial charge in [0.25, 0.3) is 5.91 Å². The van der Waals surface area contributed by atoms with E-state index in [-0.39, 0.29) is 5.91 Å². The first-order valence-electron chi connectivity index (χ1n) is 10.7. The number of ether oxygens (including phenoxy) is 2. The van der Waals surface area contributed by atoms with Crippen LogP contribution in [0.1, 0.15) is 28.2 Å². The van der Waals surface area contributed by atoms with Gasteiger partial charge in [0.05, 0.1) is 31.3 Å². The number of rotatable bonds is 9. The summed E-state index contributed by atoms with van der Waals surface area (Å²) in [6.07, 6.45) is 0.811. The van der Waals surface area contributed by atoms with Gasteiger partial charge in [-0.2, -0.15) is 0 Å². The summed E-state index contributed by atoms with van der Waals surface area (Å²) in [7, 11) is 1.65. The number of aromatic nitrogens is 2. The van der Waals surface area contributed by atoms with Gasteiger partial charge in [0.1, 0.15) is 17.3 Å². The molecule has 0 fully saturated rings. The Labute approximate surface area is 187 Å². The molecule has 164 valence electrons. The van der Waals surface area contributed by atoms with Crippen molar-refractivity contribution in [3.05, 3.63) is 89.7 Å². The molecule has 1 N–H and O–H groups in total. The van der Waals surface area contributed by atoms with E-state index in [1.807, 2.05) is 73.7 Å². The average Bonchev–Trinajstić information content (AvgIpc) is 3.18. The largest absolute Gasteiger partial charge is 0.497 e. The zero-order valence-corrected chi connectivity index (χ0v) is 18.4. The van der Waals surface area contributed by atoms with Crippen LogP contribution in [0.2, 0.25) is 0 Å². The second-order valence-electron chi connectivity index (χ2n) is 7.54. The lowest BCUT2D eigenvalue weighted by Gasteiger charge is -2.12. The zero-order chi connectivity index (χ0) is 22.3. The van der Waals surface area contributed by atoms with E-state index in [9.17, 15) is 4.79 Å². The van der Waals surface area contributed by atoms with Crippen LogP contribution in [-0.2, 0) is 13.1 Å². The Kier molecular flexibility index (Phi) is 6.70. The standard InChI is InChI=1S/C26H27N3O3/c1-19-8-3-4-9-22(19)26(30)27-18-25-28-23-10-5-6-11-24(23)29(25)16-7-17-32-21-14-12-20(31-2)13-15-21/h3-6,8-15H,7,16-18H2,1-2H3,(H,27,30). The van der Waals surface area contributed by atoms with E-state index in [0.29, 0.717) is 18.7 Å². The summed E-state index contributed by atoms with van der Waals surface area (Å²) in [4.78, 5) is 17.4. The van der Waals surface area contributed by atoms with Crippen LogP contribution in [0.4, 0.5) is 0 Å². The number of aryl methyl sites for hydroxylation is 2. The summed E-state index contributed by atoms with van der Waals surface area (Å²) in [5.74, 6) is 2.36. The molecule has 1 heterocycles. The molecule has 0 spiro atoms. The molecule has 32 heavy (non-hydrogen) atoms. The van der Waals surface area contributed by atoms with Crippen molar-refractivity contribution in [1.29, 1.82) is 0 Å². The van der Waals surface area contributed by atoms with E-state index < -0.39 is 0 Å². The quantitative estimate of drug-likeness (QED) is 0.390. The third-order valence-corrected chi connectivity index (χ3v) is 5.38. The average molecular weight is 430 g/mol. The lowest BCUT2D eigenvalue weighted by molar-refractivity contribution is 0.0949. The minimum absolute atomic E-state index is 0.0930. The number of nitrogens with one attached hydrogen (secondary N) is 1. The highest BCUT2D eigenvalue weighted by Gasteiger charge is 2.13. The van der Waals surface area contributed by atoms with Crippen molar-refractivity contribution in [1.82, 2.24) is 14.9 Å². The van der Waals surface area contributed by atoms with Crippen LogP contribution in [0, 0.1) is 6.92 Å². The van der Waals surface area contributed by atoms with E-state index in [0.717, 1.165) is 46.9 Å². The van der Waals surface area contributed by atoms with E-state index >= 15 is 0 Å². The first-order valence-corrected chi connectivity index (χ1v) is 10.7. The van der Waals surface area contributed by atoms with Crippen LogP contribution in [0.25, 0.3) is 11.0 Å². The molecule has 0 unspecified atom stereocenters. The number of para-hydroxylation sites is 2. The third kappa shape index (κ3) is 4.91. The number of amides is 1. The topological polar surface area (TPSA) is 65.4 Å². The summed E-state index contributed by atoms with van der Waals surface area (Å²) < 4.78 is 13.2. The van der Waals surface area contributed by atoms with Gasteiger partial charge in [-0.25, -0.2) is 4.98 Å².